The second-order valence-electron chi connectivity index (χ2n) is 4.53. The number of aromatic nitrogens is 1. The van der Waals surface area contributed by atoms with Crippen molar-refractivity contribution < 1.29 is 4.79 Å². The van der Waals surface area contributed by atoms with Gasteiger partial charge in [0, 0.05) is 24.7 Å². The van der Waals surface area contributed by atoms with Crippen LogP contribution in [-0.2, 0) is 0 Å². The van der Waals surface area contributed by atoms with Crippen LogP contribution in [0.1, 0.15) is 24.2 Å². The van der Waals surface area contributed by atoms with E-state index in [-0.39, 0.29) is 5.91 Å². The van der Waals surface area contributed by atoms with Crippen molar-refractivity contribution in [3.63, 3.8) is 0 Å². The van der Waals surface area contributed by atoms with Crippen molar-refractivity contribution in [3.8, 4) is 0 Å². The molecule has 1 aromatic heterocycles. The lowest BCUT2D eigenvalue weighted by Crippen LogP contribution is -2.34. The maximum Gasteiger partial charge on any atom is 0.253 e. The van der Waals surface area contributed by atoms with E-state index in [0.29, 0.717) is 12.1 Å². The van der Waals surface area contributed by atoms with Crippen molar-refractivity contribution in [2.75, 3.05) is 26.2 Å². The number of hydrogen-bond donors (Lipinski definition) is 2. The lowest BCUT2D eigenvalue weighted by Gasteiger charge is -2.18. The summed E-state index contributed by atoms with van der Waals surface area (Å²) < 4.78 is 0. The number of rotatable bonds is 6. The number of benzene rings is 1. The molecule has 2 N–H and O–H groups in total. The standard InChI is InChI=1S/C15H21N3O/c1-3-18(4-2)11-10-17-15(19)13-7-5-6-12-8-9-16-14(12)13/h5-9,16H,3-4,10-11H2,1-2H3,(H,17,19). The van der Waals surface area contributed by atoms with Crippen molar-refractivity contribution in [3.05, 3.63) is 36.0 Å². The number of hydrogen-bond acceptors (Lipinski definition) is 2. The summed E-state index contributed by atoms with van der Waals surface area (Å²) in [6.07, 6.45) is 1.86. The highest BCUT2D eigenvalue weighted by Gasteiger charge is 2.10. The molecule has 1 heterocycles. The number of carbonyl (C=O) groups is 1. The summed E-state index contributed by atoms with van der Waals surface area (Å²) in [4.78, 5) is 17.6. The van der Waals surface area contributed by atoms with E-state index in [4.69, 9.17) is 0 Å². The maximum absolute atomic E-state index is 12.2. The van der Waals surface area contributed by atoms with E-state index < -0.39 is 0 Å². The molecule has 0 fully saturated rings. The van der Waals surface area contributed by atoms with E-state index in [0.717, 1.165) is 30.5 Å². The van der Waals surface area contributed by atoms with Crippen LogP contribution >= 0.6 is 0 Å². The molecule has 4 nitrogen and oxygen atoms in total. The van der Waals surface area contributed by atoms with Crippen LogP contribution in [0.3, 0.4) is 0 Å². The molecule has 0 saturated heterocycles. The Morgan fingerprint density at radius 2 is 2.05 bits per heavy atom. The minimum Gasteiger partial charge on any atom is -0.361 e. The monoisotopic (exact) mass is 259 g/mol. The third-order valence-electron chi connectivity index (χ3n) is 3.44. The summed E-state index contributed by atoms with van der Waals surface area (Å²) >= 11 is 0. The third-order valence-corrected chi connectivity index (χ3v) is 3.44. The number of fused-ring (bicyclic) bond motifs is 1. The first-order valence-corrected chi connectivity index (χ1v) is 6.83. The zero-order valence-corrected chi connectivity index (χ0v) is 11.6. The Hall–Kier alpha value is -1.81. The van der Waals surface area contributed by atoms with Gasteiger partial charge in [0.15, 0.2) is 0 Å². The molecule has 2 aromatic rings. The fourth-order valence-corrected chi connectivity index (χ4v) is 2.24. The molecule has 102 valence electrons. The fraction of sp³-hybridized carbons (Fsp3) is 0.400. The van der Waals surface area contributed by atoms with Gasteiger partial charge in [0.2, 0.25) is 0 Å². The van der Waals surface area contributed by atoms with E-state index >= 15 is 0 Å². The van der Waals surface area contributed by atoms with Gasteiger partial charge in [0.25, 0.3) is 5.91 Å². The molecular formula is C15H21N3O. The Kier molecular flexibility index (Phi) is 4.58. The number of amides is 1. The lowest BCUT2D eigenvalue weighted by atomic mass is 10.1. The molecule has 0 aliphatic carbocycles. The maximum atomic E-state index is 12.2. The summed E-state index contributed by atoms with van der Waals surface area (Å²) in [7, 11) is 0. The quantitative estimate of drug-likeness (QED) is 0.836. The SMILES string of the molecule is CCN(CC)CCNC(=O)c1cccc2cc[nH]c12. The average Bonchev–Trinajstić information content (AvgIpc) is 2.91. The molecule has 0 unspecified atom stereocenters. The molecule has 19 heavy (non-hydrogen) atoms. The molecule has 0 aliphatic heterocycles. The van der Waals surface area contributed by atoms with Gasteiger partial charge in [-0.3, -0.25) is 4.79 Å². The first-order chi connectivity index (χ1) is 9.26. The Morgan fingerprint density at radius 1 is 1.26 bits per heavy atom. The predicted molar refractivity (Wildman–Crippen MR) is 78.4 cm³/mol. The van der Waals surface area contributed by atoms with Crippen molar-refractivity contribution in [1.29, 1.82) is 0 Å². The predicted octanol–water partition coefficient (Wildman–Crippen LogP) is 2.24. The molecule has 1 aromatic carbocycles. The van der Waals surface area contributed by atoms with Gasteiger partial charge in [-0.2, -0.15) is 0 Å². The zero-order chi connectivity index (χ0) is 13.7. The van der Waals surface area contributed by atoms with Crippen LogP contribution in [0.4, 0.5) is 0 Å². The van der Waals surface area contributed by atoms with Gasteiger partial charge in [0.05, 0.1) is 11.1 Å². The van der Waals surface area contributed by atoms with E-state index in [9.17, 15) is 4.79 Å². The third kappa shape index (κ3) is 3.15. The molecule has 0 radical (unpaired) electrons. The molecule has 0 atom stereocenters. The van der Waals surface area contributed by atoms with Crippen LogP contribution in [0.5, 0.6) is 0 Å². The number of nitrogens with zero attached hydrogens (tertiary/aromatic N) is 1. The zero-order valence-electron chi connectivity index (χ0n) is 11.6. The molecule has 2 rings (SSSR count). The topological polar surface area (TPSA) is 48.1 Å². The minimum absolute atomic E-state index is 0.0137. The van der Waals surface area contributed by atoms with Crippen LogP contribution in [0.15, 0.2) is 30.5 Å². The average molecular weight is 259 g/mol. The number of nitrogens with one attached hydrogen (secondary N) is 2. The number of carbonyl (C=O) groups excluding carboxylic acids is 1. The summed E-state index contributed by atoms with van der Waals surface area (Å²) in [5.41, 5.74) is 1.62. The lowest BCUT2D eigenvalue weighted by molar-refractivity contribution is 0.0950. The molecule has 4 heteroatoms. The van der Waals surface area contributed by atoms with Gasteiger partial charge in [-0.25, -0.2) is 0 Å². The molecule has 0 aliphatic rings. The van der Waals surface area contributed by atoms with Crippen molar-refractivity contribution >= 4 is 16.8 Å². The largest absolute Gasteiger partial charge is 0.361 e. The molecule has 1 amide bonds. The first-order valence-electron chi connectivity index (χ1n) is 6.83. The number of likely N-dealkylation sites (N-methyl/N-ethyl adjacent to an activating group) is 1. The van der Waals surface area contributed by atoms with Gasteiger partial charge in [-0.1, -0.05) is 26.0 Å². The molecule has 0 saturated carbocycles. The number of aromatic amines is 1. The highest BCUT2D eigenvalue weighted by atomic mass is 16.1. The Balaban J connectivity index is 1.98. The summed E-state index contributed by atoms with van der Waals surface area (Å²) in [5.74, 6) is -0.0137. The highest BCUT2D eigenvalue weighted by molar-refractivity contribution is 6.05. The van der Waals surface area contributed by atoms with Gasteiger partial charge in [-0.15, -0.1) is 0 Å². The second-order valence-corrected chi connectivity index (χ2v) is 4.53. The van der Waals surface area contributed by atoms with Crippen LogP contribution in [0.2, 0.25) is 0 Å². The summed E-state index contributed by atoms with van der Waals surface area (Å²) in [5, 5.41) is 4.05. The highest BCUT2D eigenvalue weighted by Crippen LogP contribution is 2.16. The van der Waals surface area contributed by atoms with E-state index in [1.54, 1.807) is 0 Å². The number of para-hydroxylation sites is 1. The van der Waals surface area contributed by atoms with E-state index in [2.05, 4.69) is 29.0 Å². The van der Waals surface area contributed by atoms with Gasteiger partial charge in [-0.05, 0) is 25.2 Å². The van der Waals surface area contributed by atoms with Gasteiger partial charge >= 0.3 is 0 Å². The second kappa shape index (κ2) is 6.38. The Morgan fingerprint density at radius 3 is 2.79 bits per heavy atom. The van der Waals surface area contributed by atoms with Crippen molar-refractivity contribution in [2.45, 2.75) is 13.8 Å². The van der Waals surface area contributed by atoms with E-state index in [1.807, 2.05) is 30.5 Å². The summed E-state index contributed by atoms with van der Waals surface area (Å²) in [6, 6.07) is 7.74. The van der Waals surface area contributed by atoms with Crippen molar-refractivity contribution in [1.82, 2.24) is 15.2 Å². The first kappa shape index (κ1) is 13.6. The van der Waals surface area contributed by atoms with E-state index in [1.165, 1.54) is 0 Å². The molecule has 0 spiro atoms. The number of H-pyrrole nitrogens is 1. The minimum atomic E-state index is -0.0137. The van der Waals surface area contributed by atoms with Crippen LogP contribution < -0.4 is 5.32 Å². The molecular weight excluding hydrogens is 238 g/mol. The smallest absolute Gasteiger partial charge is 0.253 e. The van der Waals surface area contributed by atoms with Crippen LogP contribution in [-0.4, -0.2) is 42.0 Å². The van der Waals surface area contributed by atoms with Gasteiger partial charge < -0.3 is 15.2 Å². The van der Waals surface area contributed by atoms with Crippen molar-refractivity contribution in [2.24, 2.45) is 0 Å². The normalized spacial score (nSPS) is 11.1. The fourth-order valence-electron chi connectivity index (χ4n) is 2.24. The molecule has 0 bridgehead atoms. The van der Waals surface area contributed by atoms with Crippen LogP contribution in [0, 0.1) is 0 Å². The van der Waals surface area contributed by atoms with Gasteiger partial charge in [0.1, 0.15) is 0 Å². The van der Waals surface area contributed by atoms with Crippen LogP contribution in [0.25, 0.3) is 10.9 Å². The summed E-state index contributed by atoms with van der Waals surface area (Å²) in [6.45, 7) is 7.85. The Bertz CT molecular complexity index is 543. The Labute approximate surface area is 113 Å².